The van der Waals surface area contributed by atoms with Crippen molar-refractivity contribution in [3.05, 3.63) is 30.3 Å². The molecule has 2 N–H and O–H groups in total. The summed E-state index contributed by atoms with van der Waals surface area (Å²) < 4.78 is 5.66. The van der Waals surface area contributed by atoms with Gasteiger partial charge in [-0.25, -0.2) is 0 Å². The van der Waals surface area contributed by atoms with Crippen molar-refractivity contribution in [2.75, 3.05) is 19.7 Å². The van der Waals surface area contributed by atoms with E-state index in [1.54, 1.807) is 0 Å². The number of para-hydroxylation sites is 1. The Morgan fingerprint density at radius 2 is 1.91 bits per heavy atom. The van der Waals surface area contributed by atoms with E-state index in [4.69, 9.17) is 4.74 Å². The smallest absolute Gasteiger partial charge is 0.191 e. The molecule has 126 valence electrons. The average Bonchev–Trinajstić information content (AvgIpc) is 2.51. The van der Waals surface area contributed by atoms with Gasteiger partial charge < -0.3 is 15.4 Å². The average molecular weight is 419 g/mol. The normalized spacial score (nSPS) is 12.2. The van der Waals surface area contributed by atoms with Crippen LogP contribution in [0.25, 0.3) is 0 Å². The van der Waals surface area contributed by atoms with Gasteiger partial charge in [-0.05, 0) is 45.2 Å². The minimum atomic E-state index is 0. The summed E-state index contributed by atoms with van der Waals surface area (Å²) in [6, 6.07) is 10.4. The van der Waals surface area contributed by atoms with Crippen molar-refractivity contribution in [3.8, 4) is 5.75 Å². The van der Waals surface area contributed by atoms with Gasteiger partial charge >= 0.3 is 0 Å². The number of halogens is 1. The zero-order valence-electron chi connectivity index (χ0n) is 14.0. The Bertz CT molecular complexity index is 398. The Morgan fingerprint density at radius 1 is 1.18 bits per heavy atom. The number of aliphatic imine (C=N–C) groups is 1. The van der Waals surface area contributed by atoms with Crippen LogP contribution in [0.5, 0.6) is 5.75 Å². The van der Waals surface area contributed by atoms with Gasteiger partial charge in [0.05, 0.1) is 6.61 Å². The first-order valence-corrected chi connectivity index (χ1v) is 7.99. The molecule has 4 nitrogen and oxygen atoms in total. The number of hydrogen-bond donors (Lipinski definition) is 2. The van der Waals surface area contributed by atoms with E-state index in [1.807, 2.05) is 30.3 Å². The fourth-order valence-corrected chi connectivity index (χ4v) is 1.77. The molecule has 0 aliphatic carbocycles. The van der Waals surface area contributed by atoms with Crippen LogP contribution in [0.4, 0.5) is 0 Å². The minimum Gasteiger partial charge on any atom is -0.494 e. The summed E-state index contributed by atoms with van der Waals surface area (Å²) in [5.41, 5.74) is 0. The quantitative estimate of drug-likeness (QED) is 0.277. The van der Waals surface area contributed by atoms with Crippen molar-refractivity contribution in [1.29, 1.82) is 0 Å². The fourth-order valence-electron chi connectivity index (χ4n) is 1.77. The number of benzene rings is 1. The lowest BCUT2D eigenvalue weighted by Crippen LogP contribution is -2.42. The summed E-state index contributed by atoms with van der Waals surface area (Å²) >= 11 is 0. The fraction of sp³-hybridized carbons (Fsp3) is 0.588. The SMILES string of the molecule is CCNC(=NCCCCOc1ccccc1)NC(C)CC.I. The lowest BCUT2D eigenvalue weighted by molar-refractivity contribution is 0.308. The molecule has 1 aromatic rings. The number of unbranched alkanes of at least 4 members (excludes halogenated alkanes) is 1. The Kier molecular flexibility index (Phi) is 13.1. The molecule has 0 heterocycles. The van der Waals surface area contributed by atoms with Gasteiger partial charge in [0.1, 0.15) is 5.75 Å². The van der Waals surface area contributed by atoms with Crippen molar-refractivity contribution in [2.24, 2.45) is 4.99 Å². The van der Waals surface area contributed by atoms with Crippen LogP contribution in [0, 0.1) is 0 Å². The summed E-state index contributed by atoms with van der Waals surface area (Å²) in [7, 11) is 0. The Labute approximate surface area is 152 Å². The van der Waals surface area contributed by atoms with Gasteiger partial charge in [-0.1, -0.05) is 25.1 Å². The van der Waals surface area contributed by atoms with Crippen molar-refractivity contribution < 1.29 is 4.74 Å². The molecule has 1 unspecified atom stereocenters. The van der Waals surface area contributed by atoms with Crippen LogP contribution in [0.1, 0.15) is 40.0 Å². The van der Waals surface area contributed by atoms with Gasteiger partial charge in [-0.15, -0.1) is 24.0 Å². The summed E-state index contributed by atoms with van der Waals surface area (Å²) in [5.74, 6) is 1.85. The van der Waals surface area contributed by atoms with E-state index in [2.05, 4.69) is 36.4 Å². The largest absolute Gasteiger partial charge is 0.494 e. The molecule has 1 rings (SSSR count). The predicted molar refractivity (Wildman–Crippen MR) is 105 cm³/mol. The van der Waals surface area contributed by atoms with Crippen LogP contribution in [0.15, 0.2) is 35.3 Å². The van der Waals surface area contributed by atoms with Crippen LogP contribution >= 0.6 is 24.0 Å². The van der Waals surface area contributed by atoms with Gasteiger partial charge in [0.15, 0.2) is 5.96 Å². The summed E-state index contributed by atoms with van der Waals surface area (Å²) in [6.07, 6.45) is 3.14. The third-order valence-corrected chi connectivity index (χ3v) is 3.17. The molecular formula is C17H30IN3O. The zero-order valence-corrected chi connectivity index (χ0v) is 16.3. The molecule has 0 spiro atoms. The third kappa shape index (κ3) is 9.87. The molecule has 0 amide bonds. The second-order valence-corrected chi connectivity index (χ2v) is 5.08. The van der Waals surface area contributed by atoms with Crippen LogP contribution in [0.2, 0.25) is 0 Å². The second-order valence-electron chi connectivity index (χ2n) is 5.08. The highest BCUT2D eigenvalue weighted by Crippen LogP contribution is 2.08. The van der Waals surface area contributed by atoms with Crippen LogP contribution in [0.3, 0.4) is 0 Å². The Morgan fingerprint density at radius 3 is 2.55 bits per heavy atom. The van der Waals surface area contributed by atoms with Gasteiger partial charge in [0.2, 0.25) is 0 Å². The van der Waals surface area contributed by atoms with Crippen LogP contribution in [-0.2, 0) is 0 Å². The Balaban J connectivity index is 0.00000441. The van der Waals surface area contributed by atoms with E-state index in [0.29, 0.717) is 6.04 Å². The highest BCUT2D eigenvalue weighted by molar-refractivity contribution is 14.0. The van der Waals surface area contributed by atoms with Gasteiger partial charge in [0.25, 0.3) is 0 Å². The van der Waals surface area contributed by atoms with E-state index in [9.17, 15) is 0 Å². The number of hydrogen-bond acceptors (Lipinski definition) is 2. The van der Waals surface area contributed by atoms with Crippen molar-refractivity contribution in [2.45, 2.75) is 46.1 Å². The number of ether oxygens (including phenoxy) is 1. The molecule has 0 aliphatic rings. The maximum absolute atomic E-state index is 5.66. The molecule has 0 aliphatic heterocycles. The zero-order chi connectivity index (χ0) is 15.3. The maximum Gasteiger partial charge on any atom is 0.191 e. The van der Waals surface area contributed by atoms with Gasteiger partial charge in [0, 0.05) is 19.1 Å². The molecule has 5 heteroatoms. The lowest BCUT2D eigenvalue weighted by atomic mass is 10.3. The molecule has 0 fully saturated rings. The van der Waals surface area contributed by atoms with E-state index in [0.717, 1.165) is 50.7 Å². The first-order chi connectivity index (χ1) is 10.3. The van der Waals surface area contributed by atoms with E-state index in [-0.39, 0.29) is 24.0 Å². The first kappa shape index (κ1) is 21.0. The second kappa shape index (κ2) is 13.7. The lowest BCUT2D eigenvalue weighted by Gasteiger charge is -2.16. The molecule has 22 heavy (non-hydrogen) atoms. The number of rotatable bonds is 9. The third-order valence-electron chi connectivity index (χ3n) is 3.17. The van der Waals surface area contributed by atoms with E-state index < -0.39 is 0 Å². The molecule has 0 radical (unpaired) electrons. The summed E-state index contributed by atoms with van der Waals surface area (Å²) in [5, 5.41) is 6.66. The molecule has 0 bridgehead atoms. The molecule has 1 aromatic carbocycles. The van der Waals surface area contributed by atoms with Gasteiger partial charge in [-0.3, -0.25) is 4.99 Å². The Hall–Kier alpha value is -0.980. The predicted octanol–water partition coefficient (Wildman–Crippen LogP) is 3.82. The standard InChI is InChI=1S/C17H29N3O.HI/c1-4-15(3)20-17(18-5-2)19-13-9-10-14-21-16-11-7-6-8-12-16;/h6-8,11-12,15H,4-5,9-10,13-14H2,1-3H3,(H2,18,19,20);1H. The molecule has 1 atom stereocenters. The topological polar surface area (TPSA) is 45.7 Å². The van der Waals surface area contributed by atoms with E-state index >= 15 is 0 Å². The van der Waals surface area contributed by atoms with Crippen molar-refractivity contribution in [3.63, 3.8) is 0 Å². The van der Waals surface area contributed by atoms with Crippen LogP contribution in [-0.4, -0.2) is 31.7 Å². The van der Waals surface area contributed by atoms with Crippen LogP contribution < -0.4 is 15.4 Å². The molecule has 0 saturated heterocycles. The minimum absolute atomic E-state index is 0. The molecular weight excluding hydrogens is 389 g/mol. The number of nitrogens with zero attached hydrogens (tertiary/aromatic N) is 1. The highest BCUT2D eigenvalue weighted by atomic mass is 127. The first-order valence-electron chi connectivity index (χ1n) is 7.99. The summed E-state index contributed by atoms with van der Waals surface area (Å²) in [4.78, 5) is 4.58. The number of guanidine groups is 1. The number of nitrogens with one attached hydrogen (secondary N) is 2. The van der Waals surface area contributed by atoms with Crippen molar-refractivity contribution >= 4 is 29.9 Å². The van der Waals surface area contributed by atoms with Crippen molar-refractivity contribution in [1.82, 2.24) is 10.6 Å². The van der Waals surface area contributed by atoms with E-state index in [1.165, 1.54) is 0 Å². The molecule has 0 saturated carbocycles. The maximum atomic E-state index is 5.66. The summed E-state index contributed by atoms with van der Waals surface area (Å²) in [6.45, 7) is 8.88. The monoisotopic (exact) mass is 419 g/mol. The molecule has 0 aromatic heterocycles. The van der Waals surface area contributed by atoms with Gasteiger partial charge in [-0.2, -0.15) is 0 Å². The highest BCUT2D eigenvalue weighted by Gasteiger charge is 2.01.